The van der Waals surface area contributed by atoms with Crippen LogP contribution in [0.2, 0.25) is 0 Å². The summed E-state index contributed by atoms with van der Waals surface area (Å²) in [4.78, 5) is 34.4. The lowest BCUT2D eigenvalue weighted by Crippen LogP contribution is -2.48. The Morgan fingerprint density at radius 1 is 1.23 bits per heavy atom. The molecular formula is C26H26F3N7O4. The summed E-state index contributed by atoms with van der Waals surface area (Å²) in [5.74, 6) is 0.0873. The molecule has 1 N–H and O–H groups in total. The highest BCUT2D eigenvalue weighted by atomic mass is 19.4. The lowest BCUT2D eigenvalue weighted by molar-refractivity contribution is -0.141. The number of anilines is 3. The van der Waals surface area contributed by atoms with Gasteiger partial charge in [0.25, 0.3) is 0 Å². The van der Waals surface area contributed by atoms with E-state index in [1.165, 1.54) is 29.4 Å². The fraction of sp³-hybridized carbons (Fsp3) is 0.423. The molecule has 0 radical (unpaired) electrons. The molecule has 0 aliphatic carbocycles. The smallest absolute Gasteiger partial charge is 0.416 e. The Hall–Kier alpha value is -4.04. The quantitative estimate of drug-likeness (QED) is 0.495. The number of ether oxygens (including phenoxy) is 3. The van der Waals surface area contributed by atoms with Gasteiger partial charge in [0.2, 0.25) is 5.88 Å². The van der Waals surface area contributed by atoms with Crippen LogP contribution in [-0.2, 0) is 15.7 Å². The Morgan fingerprint density at radius 2 is 2.08 bits per heavy atom. The zero-order valence-electron chi connectivity index (χ0n) is 21.7. The van der Waals surface area contributed by atoms with Crippen molar-refractivity contribution in [1.82, 2.24) is 19.9 Å². The average Bonchev–Trinajstić information content (AvgIpc) is 3.50. The summed E-state index contributed by atoms with van der Waals surface area (Å²) >= 11 is 0. The van der Waals surface area contributed by atoms with Gasteiger partial charge >= 0.3 is 12.2 Å². The molecule has 5 heterocycles. The van der Waals surface area contributed by atoms with Gasteiger partial charge < -0.3 is 19.1 Å². The molecule has 0 saturated carbocycles. The fourth-order valence-corrected chi connectivity index (χ4v) is 5.02. The monoisotopic (exact) mass is 557 g/mol. The lowest BCUT2D eigenvalue weighted by Gasteiger charge is -2.35. The molecule has 0 spiro atoms. The second-order valence-electron chi connectivity index (χ2n) is 10.2. The number of benzene rings is 1. The Kier molecular flexibility index (Phi) is 6.45. The standard InChI is InChI=1S/C26H26F3N7O4/c1-25(2)39-14-18(40-25)13-38-21-11-30-10-20(32-21)33-24(37)36-17-6-7-35(12-17)19-9-31-22(34-23(19)36)15-4-3-5-16(8-15)26(27,28)29/h3-5,8-11,17-18H,6-7,12-14H2,1-2H3,(H,32,33,37)/t17?,18-/m1/s1. The Balaban J connectivity index is 1.22. The molecule has 2 amide bonds. The summed E-state index contributed by atoms with van der Waals surface area (Å²) in [5.41, 5.74) is 0.0206. The highest BCUT2D eigenvalue weighted by Gasteiger charge is 2.41. The summed E-state index contributed by atoms with van der Waals surface area (Å²) in [6, 6.07) is 4.11. The number of rotatable bonds is 5. The van der Waals surface area contributed by atoms with Crippen molar-refractivity contribution in [3.63, 3.8) is 0 Å². The molecule has 2 atom stereocenters. The van der Waals surface area contributed by atoms with Gasteiger partial charge in [-0.25, -0.2) is 14.8 Å². The largest absolute Gasteiger partial charge is 0.474 e. The summed E-state index contributed by atoms with van der Waals surface area (Å²) in [5, 5.41) is 2.75. The number of alkyl halides is 3. The van der Waals surface area contributed by atoms with Gasteiger partial charge in [-0.15, -0.1) is 0 Å². The number of carbonyl (C=O) groups excluding carboxylic acids is 1. The molecule has 2 saturated heterocycles. The molecule has 3 aliphatic heterocycles. The Morgan fingerprint density at radius 3 is 2.85 bits per heavy atom. The molecule has 1 aromatic carbocycles. The zero-order chi connectivity index (χ0) is 28.1. The molecule has 2 bridgehead atoms. The van der Waals surface area contributed by atoms with Crippen molar-refractivity contribution >= 4 is 23.4 Å². The van der Waals surface area contributed by atoms with E-state index in [1.54, 1.807) is 6.20 Å². The van der Waals surface area contributed by atoms with E-state index in [4.69, 9.17) is 14.2 Å². The first-order chi connectivity index (χ1) is 19.1. The first-order valence-electron chi connectivity index (χ1n) is 12.7. The summed E-state index contributed by atoms with van der Waals surface area (Å²) in [6.45, 7) is 5.50. The molecule has 14 heteroatoms. The normalized spacial score (nSPS) is 21.3. The topological polar surface area (TPSA) is 115 Å². The van der Waals surface area contributed by atoms with E-state index in [9.17, 15) is 18.0 Å². The van der Waals surface area contributed by atoms with Crippen LogP contribution in [0.25, 0.3) is 11.4 Å². The second kappa shape index (κ2) is 9.86. The highest BCUT2D eigenvalue weighted by molar-refractivity contribution is 6.04. The summed E-state index contributed by atoms with van der Waals surface area (Å²) in [7, 11) is 0. The van der Waals surface area contributed by atoms with Crippen molar-refractivity contribution in [3.8, 4) is 17.3 Å². The summed E-state index contributed by atoms with van der Waals surface area (Å²) in [6.07, 6.45) is 0.283. The molecule has 2 aromatic heterocycles. The molecule has 3 aliphatic rings. The van der Waals surface area contributed by atoms with E-state index in [-0.39, 0.29) is 41.8 Å². The van der Waals surface area contributed by atoms with Gasteiger partial charge in [0.05, 0.1) is 42.5 Å². The maximum atomic E-state index is 13.5. The van der Waals surface area contributed by atoms with Gasteiger partial charge in [-0.1, -0.05) is 12.1 Å². The molecule has 40 heavy (non-hydrogen) atoms. The number of nitrogens with zero attached hydrogens (tertiary/aromatic N) is 6. The maximum absolute atomic E-state index is 13.5. The van der Waals surface area contributed by atoms with Crippen molar-refractivity contribution in [2.75, 3.05) is 41.4 Å². The number of nitrogens with one attached hydrogen (secondary N) is 1. The Bertz CT molecular complexity index is 1440. The van der Waals surface area contributed by atoms with E-state index >= 15 is 0 Å². The van der Waals surface area contributed by atoms with Crippen molar-refractivity contribution in [3.05, 3.63) is 48.4 Å². The van der Waals surface area contributed by atoms with Crippen LogP contribution in [0.4, 0.5) is 35.3 Å². The number of fused-ring (bicyclic) bond motifs is 4. The first kappa shape index (κ1) is 26.2. The first-order valence-corrected chi connectivity index (χ1v) is 12.7. The molecule has 1 unspecified atom stereocenters. The van der Waals surface area contributed by atoms with Gasteiger partial charge in [0.15, 0.2) is 23.2 Å². The summed E-state index contributed by atoms with van der Waals surface area (Å²) < 4.78 is 56.8. The Labute approximate surface area is 227 Å². The maximum Gasteiger partial charge on any atom is 0.416 e. The third-order valence-corrected chi connectivity index (χ3v) is 6.85. The van der Waals surface area contributed by atoms with Crippen molar-refractivity contribution < 1.29 is 32.2 Å². The third-order valence-electron chi connectivity index (χ3n) is 6.85. The van der Waals surface area contributed by atoms with E-state index in [0.717, 1.165) is 12.1 Å². The van der Waals surface area contributed by atoms with Crippen molar-refractivity contribution in [2.45, 2.75) is 44.4 Å². The molecule has 210 valence electrons. The number of halogens is 3. The van der Waals surface area contributed by atoms with Crippen LogP contribution in [0.15, 0.2) is 42.9 Å². The van der Waals surface area contributed by atoms with Crippen LogP contribution < -0.4 is 19.9 Å². The minimum atomic E-state index is -4.51. The van der Waals surface area contributed by atoms with Crippen LogP contribution in [0.5, 0.6) is 5.88 Å². The van der Waals surface area contributed by atoms with Crippen LogP contribution in [0.3, 0.4) is 0 Å². The minimum Gasteiger partial charge on any atom is -0.474 e. The van der Waals surface area contributed by atoms with Crippen LogP contribution >= 0.6 is 0 Å². The lowest BCUT2D eigenvalue weighted by atomic mass is 10.1. The van der Waals surface area contributed by atoms with E-state index in [2.05, 4.69) is 30.2 Å². The third kappa shape index (κ3) is 5.23. The zero-order valence-corrected chi connectivity index (χ0v) is 21.7. The number of amides is 2. The number of aromatic nitrogens is 4. The van der Waals surface area contributed by atoms with Crippen LogP contribution in [0, 0.1) is 0 Å². The molecule has 11 nitrogen and oxygen atoms in total. The molecule has 2 fully saturated rings. The molecular weight excluding hydrogens is 531 g/mol. The fourth-order valence-electron chi connectivity index (χ4n) is 5.02. The predicted octanol–water partition coefficient (Wildman–Crippen LogP) is 4.11. The van der Waals surface area contributed by atoms with Gasteiger partial charge in [-0.2, -0.15) is 18.2 Å². The van der Waals surface area contributed by atoms with Gasteiger partial charge in [-0.3, -0.25) is 15.2 Å². The van der Waals surface area contributed by atoms with Gasteiger partial charge in [0, 0.05) is 18.7 Å². The number of urea groups is 1. The van der Waals surface area contributed by atoms with Crippen molar-refractivity contribution in [2.24, 2.45) is 0 Å². The molecule has 3 aromatic rings. The number of hydrogen-bond donors (Lipinski definition) is 1. The van der Waals surface area contributed by atoms with E-state index < -0.39 is 23.6 Å². The SMILES string of the molecule is CC1(C)OC[C@@H](COc2cncc(NC(=O)N3c4nc(-c5cccc(C(F)(F)F)c5)ncc4N4CCC3C4)n2)O1. The van der Waals surface area contributed by atoms with E-state index in [0.29, 0.717) is 37.6 Å². The predicted molar refractivity (Wildman–Crippen MR) is 137 cm³/mol. The second-order valence-corrected chi connectivity index (χ2v) is 10.2. The minimum absolute atomic E-state index is 0.0848. The van der Waals surface area contributed by atoms with Crippen LogP contribution in [0.1, 0.15) is 25.8 Å². The number of carbonyl (C=O) groups is 1. The number of hydrogen-bond acceptors (Lipinski definition) is 9. The average molecular weight is 558 g/mol. The van der Waals surface area contributed by atoms with E-state index in [1.807, 2.05) is 13.8 Å². The van der Waals surface area contributed by atoms with Crippen LogP contribution in [-0.4, -0.2) is 70.2 Å². The van der Waals surface area contributed by atoms with Gasteiger partial charge in [0.1, 0.15) is 12.7 Å². The van der Waals surface area contributed by atoms with Gasteiger partial charge in [-0.05, 0) is 32.4 Å². The molecule has 6 rings (SSSR count). The highest BCUT2D eigenvalue weighted by Crippen LogP contribution is 2.40. The van der Waals surface area contributed by atoms with Crippen molar-refractivity contribution in [1.29, 1.82) is 0 Å².